The summed E-state index contributed by atoms with van der Waals surface area (Å²) in [5.41, 5.74) is 2.82. The molecule has 0 bridgehead atoms. The fourth-order valence-electron chi connectivity index (χ4n) is 2.72. The molecule has 0 unspecified atom stereocenters. The molecule has 3 rings (SSSR count). The largest absolute Gasteiger partial charge is 0.319 e. The molecule has 8 heteroatoms. The number of fused-ring (bicyclic) bond motifs is 1. The normalized spacial score (nSPS) is 11.4. The SMILES string of the molecule is CCN(CC)CCn1cc(NC(=O)c2ccc3c(c2)nnn3C)cn1. The smallest absolute Gasteiger partial charge is 0.255 e. The maximum atomic E-state index is 12.4. The number of amides is 1. The number of aromatic nitrogens is 5. The van der Waals surface area contributed by atoms with Crippen molar-refractivity contribution in [3.05, 3.63) is 36.2 Å². The van der Waals surface area contributed by atoms with Gasteiger partial charge in [-0.15, -0.1) is 5.10 Å². The van der Waals surface area contributed by atoms with Gasteiger partial charge < -0.3 is 10.2 Å². The van der Waals surface area contributed by atoms with Gasteiger partial charge in [-0.25, -0.2) is 4.68 Å². The number of benzene rings is 1. The number of likely N-dealkylation sites (N-methyl/N-ethyl adjacent to an activating group) is 1. The molecule has 2 aromatic heterocycles. The Morgan fingerprint density at radius 3 is 2.84 bits per heavy atom. The number of anilines is 1. The highest BCUT2D eigenvalue weighted by molar-refractivity contribution is 6.05. The van der Waals surface area contributed by atoms with Crippen molar-refractivity contribution in [2.24, 2.45) is 7.05 Å². The van der Waals surface area contributed by atoms with Crippen LogP contribution in [0.15, 0.2) is 30.6 Å². The van der Waals surface area contributed by atoms with Gasteiger partial charge in [0, 0.05) is 25.4 Å². The lowest BCUT2D eigenvalue weighted by Crippen LogP contribution is -2.27. The third-order valence-electron chi connectivity index (χ3n) is 4.30. The third kappa shape index (κ3) is 3.85. The molecule has 0 saturated heterocycles. The van der Waals surface area contributed by atoms with Gasteiger partial charge in [0.2, 0.25) is 0 Å². The molecule has 0 atom stereocenters. The van der Waals surface area contributed by atoms with Crippen LogP contribution in [0, 0.1) is 0 Å². The van der Waals surface area contributed by atoms with Crippen molar-refractivity contribution in [1.82, 2.24) is 29.7 Å². The Labute approximate surface area is 146 Å². The Bertz CT molecular complexity index is 863. The molecule has 2 heterocycles. The van der Waals surface area contributed by atoms with Gasteiger partial charge in [0.1, 0.15) is 5.52 Å². The summed E-state index contributed by atoms with van der Waals surface area (Å²) in [7, 11) is 1.82. The van der Waals surface area contributed by atoms with Crippen LogP contribution in [0.5, 0.6) is 0 Å². The van der Waals surface area contributed by atoms with E-state index in [0.29, 0.717) is 16.8 Å². The fraction of sp³-hybridized carbons (Fsp3) is 0.412. The number of carbonyl (C=O) groups is 1. The van der Waals surface area contributed by atoms with Crippen molar-refractivity contribution in [1.29, 1.82) is 0 Å². The molecular formula is C17H23N7O. The first-order chi connectivity index (χ1) is 12.1. The molecule has 1 N–H and O–H groups in total. The minimum atomic E-state index is -0.184. The van der Waals surface area contributed by atoms with Crippen molar-refractivity contribution < 1.29 is 4.79 Å². The Kier molecular flexibility index (Phi) is 5.08. The molecule has 132 valence electrons. The van der Waals surface area contributed by atoms with Crippen LogP contribution in [0.2, 0.25) is 0 Å². The monoisotopic (exact) mass is 341 g/mol. The lowest BCUT2D eigenvalue weighted by atomic mass is 10.2. The zero-order chi connectivity index (χ0) is 17.8. The van der Waals surface area contributed by atoms with Gasteiger partial charge >= 0.3 is 0 Å². The molecule has 0 aliphatic rings. The highest BCUT2D eigenvalue weighted by Crippen LogP contribution is 2.14. The zero-order valence-corrected chi connectivity index (χ0v) is 14.8. The minimum Gasteiger partial charge on any atom is -0.319 e. The summed E-state index contributed by atoms with van der Waals surface area (Å²) in [5, 5.41) is 15.2. The molecule has 0 saturated carbocycles. The first-order valence-electron chi connectivity index (χ1n) is 8.46. The summed E-state index contributed by atoms with van der Waals surface area (Å²) in [6, 6.07) is 5.35. The van der Waals surface area contributed by atoms with E-state index in [1.165, 1.54) is 0 Å². The highest BCUT2D eigenvalue weighted by atomic mass is 16.1. The van der Waals surface area contributed by atoms with Crippen LogP contribution < -0.4 is 5.32 Å². The van der Waals surface area contributed by atoms with Crippen LogP contribution in [-0.2, 0) is 13.6 Å². The van der Waals surface area contributed by atoms with E-state index >= 15 is 0 Å². The summed E-state index contributed by atoms with van der Waals surface area (Å²) in [6.45, 7) is 8.06. The second kappa shape index (κ2) is 7.43. The third-order valence-corrected chi connectivity index (χ3v) is 4.30. The van der Waals surface area contributed by atoms with Gasteiger partial charge in [-0.2, -0.15) is 5.10 Å². The van der Waals surface area contributed by atoms with E-state index in [2.05, 4.69) is 39.5 Å². The maximum absolute atomic E-state index is 12.4. The van der Waals surface area contributed by atoms with E-state index in [-0.39, 0.29) is 5.91 Å². The molecule has 1 aromatic carbocycles. The van der Waals surface area contributed by atoms with Crippen LogP contribution >= 0.6 is 0 Å². The Balaban J connectivity index is 1.64. The van der Waals surface area contributed by atoms with Crippen LogP contribution in [-0.4, -0.2) is 55.2 Å². The van der Waals surface area contributed by atoms with Crippen molar-refractivity contribution >= 4 is 22.6 Å². The topological polar surface area (TPSA) is 80.9 Å². The summed E-state index contributed by atoms with van der Waals surface area (Å²) in [4.78, 5) is 14.8. The van der Waals surface area contributed by atoms with E-state index in [1.54, 1.807) is 23.0 Å². The van der Waals surface area contributed by atoms with Gasteiger partial charge in [0.25, 0.3) is 5.91 Å². The van der Waals surface area contributed by atoms with E-state index in [1.807, 2.05) is 24.0 Å². The van der Waals surface area contributed by atoms with Crippen molar-refractivity contribution in [3.63, 3.8) is 0 Å². The molecule has 0 spiro atoms. The summed E-state index contributed by atoms with van der Waals surface area (Å²) in [6.07, 6.45) is 3.52. The first-order valence-corrected chi connectivity index (χ1v) is 8.46. The number of hydrogen-bond donors (Lipinski definition) is 1. The molecule has 0 aliphatic carbocycles. The summed E-state index contributed by atoms with van der Waals surface area (Å²) in [5.74, 6) is -0.184. The van der Waals surface area contributed by atoms with Crippen molar-refractivity contribution in [2.45, 2.75) is 20.4 Å². The number of rotatable bonds is 7. The average molecular weight is 341 g/mol. The lowest BCUT2D eigenvalue weighted by molar-refractivity contribution is 0.102. The number of carbonyl (C=O) groups excluding carboxylic acids is 1. The quantitative estimate of drug-likeness (QED) is 0.708. The number of nitrogens with one attached hydrogen (secondary N) is 1. The van der Waals surface area contributed by atoms with Crippen LogP contribution in [0.3, 0.4) is 0 Å². The maximum Gasteiger partial charge on any atom is 0.255 e. The number of hydrogen-bond acceptors (Lipinski definition) is 5. The van der Waals surface area contributed by atoms with Crippen LogP contribution in [0.1, 0.15) is 24.2 Å². The van der Waals surface area contributed by atoms with Gasteiger partial charge in [-0.3, -0.25) is 9.48 Å². The van der Waals surface area contributed by atoms with Gasteiger partial charge in [-0.1, -0.05) is 19.1 Å². The average Bonchev–Trinajstić information content (AvgIpc) is 3.22. The lowest BCUT2D eigenvalue weighted by Gasteiger charge is -2.17. The highest BCUT2D eigenvalue weighted by Gasteiger charge is 2.11. The first kappa shape index (κ1) is 17.1. The molecule has 8 nitrogen and oxygen atoms in total. The Morgan fingerprint density at radius 1 is 1.28 bits per heavy atom. The van der Waals surface area contributed by atoms with Crippen molar-refractivity contribution in [3.8, 4) is 0 Å². The minimum absolute atomic E-state index is 0.184. The van der Waals surface area contributed by atoms with Crippen molar-refractivity contribution in [2.75, 3.05) is 25.0 Å². The predicted molar refractivity (Wildman–Crippen MR) is 96.5 cm³/mol. The molecule has 0 fully saturated rings. The zero-order valence-electron chi connectivity index (χ0n) is 14.8. The van der Waals surface area contributed by atoms with Crippen LogP contribution in [0.4, 0.5) is 5.69 Å². The second-order valence-electron chi connectivity index (χ2n) is 5.89. The van der Waals surface area contributed by atoms with E-state index in [9.17, 15) is 4.79 Å². The van der Waals surface area contributed by atoms with Crippen LogP contribution in [0.25, 0.3) is 11.0 Å². The fourth-order valence-corrected chi connectivity index (χ4v) is 2.72. The van der Waals surface area contributed by atoms with Gasteiger partial charge in [-0.05, 0) is 31.3 Å². The predicted octanol–water partition coefficient (Wildman–Crippen LogP) is 1.76. The van der Waals surface area contributed by atoms with Gasteiger partial charge in [0.15, 0.2) is 0 Å². The summed E-state index contributed by atoms with van der Waals surface area (Å²) >= 11 is 0. The van der Waals surface area contributed by atoms with E-state index in [0.717, 1.165) is 31.7 Å². The standard InChI is InChI=1S/C17H23N7O/c1-4-23(5-2)8-9-24-12-14(11-18-24)19-17(25)13-6-7-16-15(10-13)20-21-22(16)3/h6-7,10-12H,4-5,8-9H2,1-3H3,(H,19,25). The molecule has 1 amide bonds. The molecular weight excluding hydrogens is 318 g/mol. The Hall–Kier alpha value is -2.74. The molecule has 25 heavy (non-hydrogen) atoms. The number of nitrogens with zero attached hydrogens (tertiary/aromatic N) is 6. The molecule has 0 radical (unpaired) electrons. The Morgan fingerprint density at radius 2 is 2.08 bits per heavy atom. The summed E-state index contributed by atoms with van der Waals surface area (Å²) < 4.78 is 3.52. The number of aryl methyl sites for hydroxylation is 1. The molecule has 3 aromatic rings. The van der Waals surface area contributed by atoms with Gasteiger partial charge in [0.05, 0.1) is 23.9 Å². The van der Waals surface area contributed by atoms with E-state index < -0.39 is 0 Å². The second-order valence-corrected chi connectivity index (χ2v) is 5.89. The molecule has 0 aliphatic heterocycles. The van der Waals surface area contributed by atoms with E-state index in [4.69, 9.17) is 0 Å².